The second-order valence-electron chi connectivity index (χ2n) is 3.35. The molecule has 3 nitrogen and oxygen atoms in total. The first kappa shape index (κ1) is 12.7. The molecule has 0 fully saturated rings. The highest BCUT2D eigenvalue weighted by Crippen LogP contribution is 2.24. The predicted molar refractivity (Wildman–Crippen MR) is 61.2 cm³/mol. The van der Waals surface area contributed by atoms with E-state index >= 15 is 0 Å². The molecule has 0 bridgehead atoms. The third kappa shape index (κ3) is 3.30. The number of halogens is 2. The fraction of sp³-hybridized carbons (Fsp3) is 0.600. The maximum Gasteiger partial charge on any atom is 0.157 e. The van der Waals surface area contributed by atoms with E-state index in [2.05, 4.69) is 17.1 Å². The van der Waals surface area contributed by atoms with Crippen LogP contribution in [0.5, 0.6) is 0 Å². The van der Waals surface area contributed by atoms with E-state index in [-0.39, 0.29) is 11.8 Å². The third-order valence-electron chi connectivity index (χ3n) is 2.28. The van der Waals surface area contributed by atoms with Crippen molar-refractivity contribution in [2.75, 3.05) is 0 Å². The molecule has 84 valence electrons. The largest absolute Gasteiger partial charge is 0.392 e. The van der Waals surface area contributed by atoms with E-state index in [0.29, 0.717) is 10.7 Å². The third-order valence-corrected chi connectivity index (χ3v) is 2.88. The standard InChI is InChI=1S/C10H14Cl2N2O/c1-2-3-4-5-7-8(6-15)10(12)14-13-9(7)11/h15H,2-6H2,1H3. The van der Waals surface area contributed by atoms with Crippen LogP contribution in [0.3, 0.4) is 0 Å². The summed E-state index contributed by atoms with van der Waals surface area (Å²) in [7, 11) is 0. The van der Waals surface area contributed by atoms with E-state index in [1.165, 1.54) is 0 Å². The SMILES string of the molecule is CCCCCc1c(Cl)nnc(Cl)c1CO. The highest BCUT2D eigenvalue weighted by Gasteiger charge is 2.12. The van der Waals surface area contributed by atoms with Gasteiger partial charge in [-0.2, -0.15) is 0 Å². The lowest BCUT2D eigenvalue weighted by Crippen LogP contribution is -2.01. The number of unbranched alkanes of at least 4 members (excludes halogenated alkanes) is 2. The molecule has 1 aromatic heterocycles. The van der Waals surface area contributed by atoms with Gasteiger partial charge < -0.3 is 5.11 Å². The van der Waals surface area contributed by atoms with Gasteiger partial charge in [-0.15, -0.1) is 10.2 Å². The summed E-state index contributed by atoms with van der Waals surface area (Å²) in [5, 5.41) is 17.2. The minimum absolute atomic E-state index is 0.143. The number of aliphatic hydroxyl groups excluding tert-OH is 1. The molecule has 0 spiro atoms. The lowest BCUT2D eigenvalue weighted by Gasteiger charge is -2.08. The molecule has 0 atom stereocenters. The zero-order valence-electron chi connectivity index (χ0n) is 8.63. The van der Waals surface area contributed by atoms with Crippen molar-refractivity contribution < 1.29 is 5.11 Å². The van der Waals surface area contributed by atoms with Gasteiger partial charge in [-0.1, -0.05) is 43.0 Å². The molecule has 15 heavy (non-hydrogen) atoms. The lowest BCUT2D eigenvalue weighted by molar-refractivity contribution is 0.280. The van der Waals surface area contributed by atoms with Gasteiger partial charge in [0.25, 0.3) is 0 Å². The molecule has 1 heterocycles. The quantitative estimate of drug-likeness (QED) is 0.816. The molecule has 0 saturated heterocycles. The van der Waals surface area contributed by atoms with Crippen LogP contribution in [-0.4, -0.2) is 15.3 Å². The average Bonchev–Trinajstić information content (AvgIpc) is 2.23. The van der Waals surface area contributed by atoms with Crippen molar-refractivity contribution in [3.63, 3.8) is 0 Å². The molecule has 1 rings (SSSR count). The summed E-state index contributed by atoms with van der Waals surface area (Å²) in [6.07, 6.45) is 4.07. The van der Waals surface area contributed by atoms with Crippen molar-refractivity contribution in [3.05, 3.63) is 21.4 Å². The smallest absolute Gasteiger partial charge is 0.157 e. The summed E-state index contributed by atoms with van der Waals surface area (Å²) < 4.78 is 0. The average molecular weight is 249 g/mol. The first-order valence-electron chi connectivity index (χ1n) is 5.01. The Bertz CT molecular complexity index is 331. The highest BCUT2D eigenvalue weighted by atomic mass is 35.5. The van der Waals surface area contributed by atoms with Crippen LogP contribution in [0.25, 0.3) is 0 Å². The van der Waals surface area contributed by atoms with Crippen LogP contribution in [0, 0.1) is 0 Å². The Morgan fingerprint density at radius 2 is 1.67 bits per heavy atom. The number of aromatic nitrogens is 2. The fourth-order valence-corrected chi connectivity index (χ4v) is 1.88. The number of hydrogen-bond acceptors (Lipinski definition) is 3. The van der Waals surface area contributed by atoms with Gasteiger partial charge >= 0.3 is 0 Å². The Hall–Kier alpha value is -0.380. The number of rotatable bonds is 5. The molecule has 0 aliphatic carbocycles. The maximum absolute atomic E-state index is 9.17. The highest BCUT2D eigenvalue weighted by molar-refractivity contribution is 6.32. The van der Waals surface area contributed by atoms with Crippen molar-refractivity contribution >= 4 is 23.2 Å². The first-order chi connectivity index (χ1) is 7.20. The molecule has 1 aromatic rings. The monoisotopic (exact) mass is 248 g/mol. The van der Waals surface area contributed by atoms with Crippen LogP contribution in [0.1, 0.15) is 37.3 Å². The number of hydrogen-bond donors (Lipinski definition) is 1. The Labute approximate surface area is 99.4 Å². The minimum Gasteiger partial charge on any atom is -0.392 e. The summed E-state index contributed by atoms with van der Waals surface area (Å²) in [5.74, 6) is 0. The zero-order chi connectivity index (χ0) is 11.3. The lowest BCUT2D eigenvalue weighted by atomic mass is 10.1. The Morgan fingerprint density at radius 1 is 1.07 bits per heavy atom. The Morgan fingerprint density at radius 3 is 2.20 bits per heavy atom. The molecule has 0 amide bonds. The van der Waals surface area contributed by atoms with Crippen LogP contribution >= 0.6 is 23.2 Å². The molecule has 5 heteroatoms. The molecular formula is C10H14Cl2N2O. The molecule has 0 radical (unpaired) electrons. The first-order valence-corrected chi connectivity index (χ1v) is 5.76. The summed E-state index contributed by atoms with van der Waals surface area (Å²) in [6.45, 7) is 1.99. The van der Waals surface area contributed by atoms with Crippen LogP contribution < -0.4 is 0 Å². The Kier molecular flexibility index (Phi) is 5.29. The van der Waals surface area contributed by atoms with Crippen molar-refractivity contribution in [1.29, 1.82) is 0 Å². The number of aliphatic hydroxyl groups is 1. The van der Waals surface area contributed by atoms with E-state index in [1.54, 1.807) is 0 Å². The summed E-state index contributed by atoms with van der Waals surface area (Å²) >= 11 is 11.7. The molecule has 0 aliphatic rings. The zero-order valence-corrected chi connectivity index (χ0v) is 10.1. The van der Waals surface area contributed by atoms with Gasteiger partial charge in [0.2, 0.25) is 0 Å². The molecular weight excluding hydrogens is 235 g/mol. The van der Waals surface area contributed by atoms with Crippen LogP contribution in [0.2, 0.25) is 10.3 Å². The van der Waals surface area contributed by atoms with Gasteiger partial charge in [0.05, 0.1) is 6.61 Å². The van der Waals surface area contributed by atoms with E-state index in [9.17, 15) is 0 Å². The molecule has 0 aliphatic heterocycles. The van der Waals surface area contributed by atoms with Crippen LogP contribution in [0.4, 0.5) is 0 Å². The van der Waals surface area contributed by atoms with E-state index in [1.807, 2.05) is 0 Å². The second kappa shape index (κ2) is 6.26. The summed E-state index contributed by atoms with van der Waals surface area (Å²) in [4.78, 5) is 0. The van der Waals surface area contributed by atoms with E-state index < -0.39 is 0 Å². The van der Waals surface area contributed by atoms with Gasteiger partial charge in [-0.25, -0.2) is 0 Å². The van der Waals surface area contributed by atoms with Gasteiger partial charge in [0, 0.05) is 5.56 Å². The van der Waals surface area contributed by atoms with Gasteiger partial charge in [0.1, 0.15) is 0 Å². The Balaban J connectivity index is 2.87. The molecule has 0 aromatic carbocycles. The van der Waals surface area contributed by atoms with Crippen molar-refractivity contribution in [2.45, 2.75) is 39.2 Å². The van der Waals surface area contributed by atoms with E-state index in [4.69, 9.17) is 28.3 Å². The summed E-state index contributed by atoms with van der Waals surface area (Å²) in [6, 6.07) is 0. The summed E-state index contributed by atoms with van der Waals surface area (Å²) in [5.41, 5.74) is 1.43. The minimum atomic E-state index is -0.143. The van der Waals surface area contributed by atoms with Crippen molar-refractivity contribution in [2.24, 2.45) is 0 Å². The molecule has 0 unspecified atom stereocenters. The number of nitrogens with zero attached hydrogens (tertiary/aromatic N) is 2. The van der Waals surface area contributed by atoms with Crippen LogP contribution in [-0.2, 0) is 13.0 Å². The van der Waals surface area contributed by atoms with Gasteiger partial charge in [-0.3, -0.25) is 0 Å². The van der Waals surface area contributed by atoms with E-state index in [0.717, 1.165) is 31.2 Å². The topological polar surface area (TPSA) is 46.0 Å². The van der Waals surface area contributed by atoms with Crippen molar-refractivity contribution in [1.82, 2.24) is 10.2 Å². The van der Waals surface area contributed by atoms with Gasteiger partial charge in [0.15, 0.2) is 10.3 Å². The van der Waals surface area contributed by atoms with Gasteiger partial charge in [-0.05, 0) is 18.4 Å². The maximum atomic E-state index is 9.17. The van der Waals surface area contributed by atoms with Crippen molar-refractivity contribution in [3.8, 4) is 0 Å². The van der Waals surface area contributed by atoms with Crippen LogP contribution in [0.15, 0.2) is 0 Å². The molecule has 0 saturated carbocycles. The second-order valence-corrected chi connectivity index (χ2v) is 4.07. The predicted octanol–water partition coefficient (Wildman–Crippen LogP) is 3.01. The normalized spacial score (nSPS) is 10.7. The molecule has 1 N–H and O–H groups in total. The fourth-order valence-electron chi connectivity index (χ4n) is 1.42.